The Labute approximate surface area is 62.2 Å². The zero-order valence-corrected chi connectivity index (χ0v) is 6.22. The molecule has 0 aliphatic carbocycles. The molecule has 0 unspecified atom stereocenters. The Morgan fingerprint density at radius 2 is 2.33 bits per heavy atom. The van der Waals surface area contributed by atoms with Crippen molar-refractivity contribution in [1.29, 1.82) is 0 Å². The van der Waals surface area contributed by atoms with E-state index in [0.29, 0.717) is 5.69 Å². The van der Waals surface area contributed by atoms with E-state index in [2.05, 4.69) is 26.8 Å². The minimum atomic E-state index is 0.657. The van der Waals surface area contributed by atoms with Gasteiger partial charge in [0, 0.05) is 0 Å². The van der Waals surface area contributed by atoms with Crippen LogP contribution in [-0.4, -0.2) is 4.98 Å². The molecule has 0 spiro atoms. The first-order chi connectivity index (χ1) is 4.33. The molecule has 0 fully saturated rings. The van der Waals surface area contributed by atoms with E-state index in [9.17, 15) is 0 Å². The van der Waals surface area contributed by atoms with Crippen LogP contribution in [0.5, 0.6) is 0 Å². The summed E-state index contributed by atoms with van der Waals surface area (Å²) >= 11 is 3.20. The van der Waals surface area contributed by atoms with Gasteiger partial charge in [0.05, 0.1) is 0 Å². The highest BCUT2D eigenvalue weighted by Gasteiger charge is 1.86. The van der Waals surface area contributed by atoms with E-state index in [0.717, 1.165) is 4.60 Å². The molecule has 0 aliphatic rings. The van der Waals surface area contributed by atoms with Crippen LogP contribution in [0.3, 0.4) is 0 Å². The summed E-state index contributed by atoms with van der Waals surface area (Å²) in [5, 5.41) is 0. The van der Waals surface area contributed by atoms with Crippen molar-refractivity contribution in [3.63, 3.8) is 0 Å². The lowest BCUT2D eigenvalue weighted by atomic mass is 10.4. The maximum atomic E-state index is 5.09. The zero-order chi connectivity index (χ0) is 6.69. The summed E-state index contributed by atoms with van der Waals surface area (Å²) in [7, 11) is 0. The number of halogens is 1. The fraction of sp³-hybridized carbons (Fsp3) is 0. The normalized spacial score (nSPS) is 8.44. The van der Waals surface area contributed by atoms with Crippen LogP contribution >= 0.6 is 15.9 Å². The predicted molar refractivity (Wildman–Crippen MR) is 39.9 cm³/mol. The van der Waals surface area contributed by atoms with E-state index < -0.39 is 0 Å². The van der Waals surface area contributed by atoms with Crippen molar-refractivity contribution in [1.82, 2.24) is 4.98 Å². The molecule has 0 aromatic carbocycles. The van der Waals surface area contributed by atoms with Gasteiger partial charge in [0.15, 0.2) is 0 Å². The van der Waals surface area contributed by atoms with Crippen LogP contribution < -0.4 is 0 Å². The molecule has 1 aromatic rings. The summed E-state index contributed by atoms with van der Waals surface area (Å²) in [6.07, 6.45) is 5.09. The van der Waals surface area contributed by atoms with Crippen LogP contribution in [0.15, 0.2) is 22.8 Å². The molecule has 0 atom stereocenters. The van der Waals surface area contributed by atoms with Gasteiger partial charge in [0.25, 0.3) is 0 Å². The standard InChI is InChI=1S/C7H4BrN/c1-2-6-4-3-5-7(8)9-6/h1,3-5H. The van der Waals surface area contributed by atoms with Crippen LogP contribution in [0.1, 0.15) is 5.69 Å². The van der Waals surface area contributed by atoms with Gasteiger partial charge in [-0.1, -0.05) is 12.0 Å². The molecule has 0 amide bonds. The molecule has 0 saturated carbocycles. The van der Waals surface area contributed by atoms with E-state index in [-0.39, 0.29) is 0 Å². The Morgan fingerprint density at radius 3 is 2.78 bits per heavy atom. The van der Waals surface area contributed by atoms with Crippen molar-refractivity contribution in [3.05, 3.63) is 28.5 Å². The molecule has 9 heavy (non-hydrogen) atoms. The van der Waals surface area contributed by atoms with Crippen LogP contribution in [0.2, 0.25) is 0 Å². The van der Waals surface area contributed by atoms with Gasteiger partial charge in [0.2, 0.25) is 0 Å². The molecule has 44 valence electrons. The molecule has 0 bridgehead atoms. The average Bonchev–Trinajstić information content (AvgIpc) is 1.88. The van der Waals surface area contributed by atoms with E-state index in [1.807, 2.05) is 12.1 Å². The Bertz CT molecular complexity index is 249. The SMILES string of the molecule is C#Cc1cccc(Br)n1. The number of nitrogens with zero attached hydrogens (tertiary/aromatic N) is 1. The third-order valence-corrected chi connectivity index (χ3v) is 1.30. The van der Waals surface area contributed by atoms with E-state index in [1.165, 1.54) is 0 Å². The third-order valence-electron chi connectivity index (χ3n) is 0.863. The number of aromatic nitrogens is 1. The van der Waals surface area contributed by atoms with Crippen LogP contribution in [0.4, 0.5) is 0 Å². The van der Waals surface area contributed by atoms with Crippen molar-refractivity contribution in [2.24, 2.45) is 0 Å². The first-order valence-corrected chi connectivity index (χ1v) is 3.21. The number of hydrogen-bond acceptors (Lipinski definition) is 1. The van der Waals surface area contributed by atoms with Crippen molar-refractivity contribution in [2.45, 2.75) is 0 Å². The minimum absolute atomic E-state index is 0.657. The Kier molecular flexibility index (Phi) is 1.86. The predicted octanol–water partition coefficient (Wildman–Crippen LogP) is 1.83. The number of hydrogen-bond donors (Lipinski definition) is 0. The van der Waals surface area contributed by atoms with Gasteiger partial charge in [-0.2, -0.15) is 0 Å². The van der Waals surface area contributed by atoms with Crippen molar-refractivity contribution in [2.75, 3.05) is 0 Å². The van der Waals surface area contributed by atoms with Gasteiger partial charge in [-0.25, -0.2) is 4.98 Å². The molecule has 2 heteroatoms. The van der Waals surface area contributed by atoms with Crippen molar-refractivity contribution >= 4 is 15.9 Å². The lowest BCUT2D eigenvalue weighted by molar-refractivity contribution is 1.24. The summed E-state index contributed by atoms with van der Waals surface area (Å²) in [6.45, 7) is 0. The molecular formula is C7H4BrN. The molecule has 0 saturated heterocycles. The minimum Gasteiger partial charge on any atom is -0.232 e. The lowest BCUT2D eigenvalue weighted by Crippen LogP contribution is -1.79. The fourth-order valence-electron chi connectivity index (χ4n) is 0.489. The maximum absolute atomic E-state index is 5.09. The Morgan fingerprint density at radius 1 is 1.56 bits per heavy atom. The summed E-state index contributed by atoms with van der Waals surface area (Å²) in [5.74, 6) is 2.43. The molecule has 1 aromatic heterocycles. The summed E-state index contributed by atoms with van der Waals surface area (Å²) in [5.41, 5.74) is 0.657. The summed E-state index contributed by atoms with van der Waals surface area (Å²) in [6, 6.07) is 5.47. The molecule has 1 nitrogen and oxygen atoms in total. The topological polar surface area (TPSA) is 12.9 Å². The lowest BCUT2D eigenvalue weighted by Gasteiger charge is -1.87. The van der Waals surface area contributed by atoms with Gasteiger partial charge in [-0.15, -0.1) is 6.42 Å². The zero-order valence-electron chi connectivity index (χ0n) is 4.63. The van der Waals surface area contributed by atoms with Gasteiger partial charge >= 0.3 is 0 Å². The average molecular weight is 182 g/mol. The number of rotatable bonds is 0. The van der Waals surface area contributed by atoms with Crippen LogP contribution in [-0.2, 0) is 0 Å². The van der Waals surface area contributed by atoms with Crippen molar-refractivity contribution in [3.8, 4) is 12.3 Å². The summed E-state index contributed by atoms with van der Waals surface area (Å²) < 4.78 is 0.776. The highest BCUT2D eigenvalue weighted by atomic mass is 79.9. The second-order valence-corrected chi connectivity index (χ2v) is 2.30. The number of pyridine rings is 1. The van der Waals surface area contributed by atoms with Crippen LogP contribution in [0, 0.1) is 12.3 Å². The highest BCUT2D eigenvalue weighted by Crippen LogP contribution is 2.04. The Balaban J connectivity index is 3.12. The Hall–Kier alpha value is -0.810. The van der Waals surface area contributed by atoms with Gasteiger partial charge in [-0.3, -0.25) is 0 Å². The molecule has 1 rings (SSSR count). The van der Waals surface area contributed by atoms with Crippen LogP contribution in [0.25, 0.3) is 0 Å². The van der Waals surface area contributed by atoms with E-state index in [1.54, 1.807) is 6.07 Å². The highest BCUT2D eigenvalue weighted by molar-refractivity contribution is 9.10. The number of terminal acetylenes is 1. The maximum Gasteiger partial charge on any atom is 0.114 e. The largest absolute Gasteiger partial charge is 0.232 e. The van der Waals surface area contributed by atoms with E-state index >= 15 is 0 Å². The smallest absolute Gasteiger partial charge is 0.114 e. The quantitative estimate of drug-likeness (QED) is 0.440. The molecule has 0 radical (unpaired) electrons. The summed E-state index contributed by atoms with van der Waals surface area (Å²) in [4.78, 5) is 3.97. The molecular weight excluding hydrogens is 178 g/mol. The van der Waals surface area contributed by atoms with Gasteiger partial charge < -0.3 is 0 Å². The monoisotopic (exact) mass is 181 g/mol. The van der Waals surface area contributed by atoms with E-state index in [4.69, 9.17) is 6.42 Å². The van der Waals surface area contributed by atoms with Gasteiger partial charge in [-0.05, 0) is 28.1 Å². The molecule has 1 heterocycles. The van der Waals surface area contributed by atoms with Crippen molar-refractivity contribution < 1.29 is 0 Å². The second kappa shape index (κ2) is 2.65. The second-order valence-electron chi connectivity index (χ2n) is 1.49. The first kappa shape index (κ1) is 6.31. The first-order valence-electron chi connectivity index (χ1n) is 2.42. The van der Waals surface area contributed by atoms with Gasteiger partial charge in [0.1, 0.15) is 10.3 Å². The molecule has 0 aliphatic heterocycles. The third kappa shape index (κ3) is 1.55. The molecule has 0 N–H and O–H groups in total. The fourth-order valence-corrected chi connectivity index (χ4v) is 0.832.